The van der Waals surface area contributed by atoms with Crippen LogP contribution in [0.15, 0.2) is 30.5 Å². The first kappa shape index (κ1) is 21.3. The van der Waals surface area contributed by atoms with Gasteiger partial charge in [-0.2, -0.15) is 0 Å². The lowest BCUT2D eigenvalue weighted by atomic mass is 10.1. The number of amides is 2. The Kier molecular flexibility index (Phi) is 7.22. The van der Waals surface area contributed by atoms with Crippen molar-refractivity contribution in [1.82, 2.24) is 25.6 Å². The van der Waals surface area contributed by atoms with Crippen molar-refractivity contribution < 1.29 is 9.59 Å². The highest BCUT2D eigenvalue weighted by atomic mass is 35.5. The second-order valence-electron chi connectivity index (χ2n) is 7.35. The van der Waals surface area contributed by atoms with Gasteiger partial charge in [-0.25, -0.2) is 4.68 Å². The maximum atomic E-state index is 12.5. The van der Waals surface area contributed by atoms with Gasteiger partial charge < -0.3 is 15.5 Å². The molecule has 0 spiro atoms. The van der Waals surface area contributed by atoms with Gasteiger partial charge in [0.15, 0.2) is 5.69 Å². The van der Waals surface area contributed by atoms with Gasteiger partial charge in [-0.1, -0.05) is 23.4 Å². The molecule has 2 aliphatic heterocycles. The Bertz CT molecular complexity index is 849. The number of hydrogen-bond acceptors (Lipinski definition) is 5. The molecule has 29 heavy (non-hydrogen) atoms. The van der Waals surface area contributed by atoms with E-state index in [0.29, 0.717) is 31.1 Å². The topological polar surface area (TPSA) is 92.2 Å². The number of piperidine rings is 1. The fourth-order valence-electron chi connectivity index (χ4n) is 3.89. The summed E-state index contributed by atoms with van der Waals surface area (Å²) in [5, 5.41) is 14.3. The van der Waals surface area contributed by atoms with Crippen LogP contribution in [0.25, 0.3) is 0 Å². The third-order valence-electron chi connectivity index (χ3n) is 5.47. The third-order valence-corrected chi connectivity index (χ3v) is 5.47. The average molecular weight is 419 g/mol. The molecule has 0 radical (unpaired) electrons. The number of nitrogens with one attached hydrogen (secondary N) is 2. The standard InChI is InChI=1S/C20H26N6O2.ClH/c27-19(25-13-9-15-4-1-2-5-18(15)25)6-3-10-22-20(28)17-14-26(24-23-17)16-7-11-21-12-8-16;/h1-2,4-5,14,16,21H,3,6-13H2,(H,22,28);1H. The highest BCUT2D eigenvalue weighted by Crippen LogP contribution is 2.28. The van der Waals surface area contributed by atoms with Crippen molar-refractivity contribution in [2.45, 2.75) is 38.1 Å². The molecule has 0 bridgehead atoms. The highest BCUT2D eigenvalue weighted by molar-refractivity contribution is 5.95. The first-order chi connectivity index (χ1) is 13.7. The Balaban J connectivity index is 0.00000240. The van der Waals surface area contributed by atoms with E-state index in [1.165, 1.54) is 5.56 Å². The fourth-order valence-corrected chi connectivity index (χ4v) is 3.89. The van der Waals surface area contributed by atoms with E-state index in [2.05, 4.69) is 27.0 Å². The van der Waals surface area contributed by atoms with Gasteiger partial charge in [-0.05, 0) is 50.4 Å². The zero-order valence-corrected chi connectivity index (χ0v) is 17.2. The number of anilines is 1. The van der Waals surface area contributed by atoms with Gasteiger partial charge in [-0.3, -0.25) is 9.59 Å². The molecule has 1 fully saturated rings. The highest BCUT2D eigenvalue weighted by Gasteiger charge is 2.23. The van der Waals surface area contributed by atoms with Crippen molar-refractivity contribution >= 4 is 29.9 Å². The first-order valence-corrected chi connectivity index (χ1v) is 10.0. The van der Waals surface area contributed by atoms with E-state index >= 15 is 0 Å². The van der Waals surface area contributed by atoms with Crippen LogP contribution in [-0.2, 0) is 11.2 Å². The van der Waals surface area contributed by atoms with Crippen molar-refractivity contribution in [3.8, 4) is 0 Å². The lowest BCUT2D eigenvalue weighted by Crippen LogP contribution is -2.30. The molecule has 0 aliphatic carbocycles. The molecule has 9 heteroatoms. The molecule has 1 aromatic carbocycles. The fraction of sp³-hybridized carbons (Fsp3) is 0.500. The smallest absolute Gasteiger partial charge is 0.273 e. The summed E-state index contributed by atoms with van der Waals surface area (Å²) in [7, 11) is 0. The zero-order valence-electron chi connectivity index (χ0n) is 16.3. The lowest BCUT2D eigenvalue weighted by Gasteiger charge is -2.22. The Labute approximate surface area is 176 Å². The predicted molar refractivity (Wildman–Crippen MR) is 112 cm³/mol. The van der Waals surface area contributed by atoms with E-state index in [4.69, 9.17) is 0 Å². The monoisotopic (exact) mass is 418 g/mol. The van der Waals surface area contributed by atoms with Crippen LogP contribution in [0, 0.1) is 0 Å². The van der Waals surface area contributed by atoms with Crippen LogP contribution < -0.4 is 15.5 Å². The van der Waals surface area contributed by atoms with Gasteiger partial charge in [0.25, 0.3) is 5.91 Å². The van der Waals surface area contributed by atoms with Gasteiger partial charge in [0.1, 0.15) is 0 Å². The number of para-hydroxylation sites is 1. The van der Waals surface area contributed by atoms with E-state index < -0.39 is 0 Å². The molecule has 0 saturated carbocycles. The number of nitrogens with zero attached hydrogens (tertiary/aromatic N) is 4. The number of hydrogen-bond donors (Lipinski definition) is 2. The summed E-state index contributed by atoms with van der Waals surface area (Å²) in [5.41, 5.74) is 2.57. The Morgan fingerprint density at radius 3 is 2.83 bits per heavy atom. The summed E-state index contributed by atoms with van der Waals surface area (Å²) in [6, 6.07) is 8.33. The van der Waals surface area contributed by atoms with Crippen molar-refractivity contribution in [2.75, 3.05) is 31.1 Å². The van der Waals surface area contributed by atoms with E-state index in [-0.39, 0.29) is 24.2 Å². The average Bonchev–Trinajstić information content (AvgIpc) is 3.39. The predicted octanol–water partition coefficient (Wildman–Crippen LogP) is 1.72. The molecule has 2 aliphatic rings. The number of halogens is 1. The van der Waals surface area contributed by atoms with Crippen LogP contribution >= 0.6 is 12.4 Å². The van der Waals surface area contributed by atoms with Crippen molar-refractivity contribution in [2.24, 2.45) is 0 Å². The summed E-state index contributed by atoms with van der Waals surface area (Å²) in [4.78, 5) is 26.6. The summed E-state index contributed by atoms with van der Waals surface area (Å²) in [6.45, 7) is 3.10. The Morgan fingerprint density at radius 1 is 1.21 bits per heavy atom. The van der Waals surface area contributed by atoms with E-state index in [0.717, 1.165) is 44.6 Å². The summed E-state index contributed by atoms with van der Waals surface area (Å²) >= 11 is 0. The van der Waals surface area contributed by atoms with Gasteiger partial charge >= 0.3 is 0 Å². The molecule has 0 unspecified atom stereocenters. The minimum atomic E-state index is -0.237. The van der Waals surface area contributed by atoms with Crippen LogP contribution in [0.3, 0.4) is 0 Å². The molecule has 156 valence electrons. The molecule has 8 nitrogen and oxygen atoms in total. The largest absolute Gasteiger partial charge is 0.351 e. The molecular formula is C20H27ClN6O2. The van der Waals surface area contributed by atoms with Crippen LogP contribution in [0.1, 0.15) is 47.8 Å². The number of rotatable bonds is 6. The number of aromatic nitrogens is 3. The van der Waals surface area contributed by atoms with Crippen LogP contribution in [0.5, 0.6) is 0 Å². The number of benzene rings is 1. The second kappa shape index (κ2) is 9.84. The molecule has 2 aromatic rings. The van der Waals surface area contributed by atoms with Crippen LogP contribution in [0.2, 0.25) is 0 Å². The second-order valence-corrected chi connectivity index (χ2v) is 7.35. The zero-order chi connectivity index (χ0) is 19.3. The van der Waals surface area contributed by atoms with E-state index in [1.807, 2.05) is 23.1 Å². The van der Waals surface area contributed by atoms with E-state index in [9.17, 15) is 9.59 Å². The molecular weight excluding hydrogens is 392 g/mol. The molecule has 1 saturated heterocycles. The molecule has 2 N–H and O–H groups in total. The van der Waals surface area contributed by atoms with Gasteiger partial charge in [-0.15, -0.1) is 17.5 Å². The molecule has 1 aromatic heterocycles. The van der Waals surface area contributed by atoms with Gasteiger partial charge in [0.05, 0.1) is 12.2 Å². The third kappa shape index (κ3) is 4.94. The molecule has 3 heterocycles. The SMILES string of the molecule is Cl.O=C(NCCCC(=O)N1CCc2ccccc21)c1cn(C2CCNCC2)nn1. The quantitative estimate of drug-likeness (QED) is 0.697. The summed E-state index contributed by atoms with van der Waals surface area (Å²) in [6.07, 6.45) is 5.63. The van der Waals surface area contributed by atoms with Crippen LogP contribution in [0.4, 0.5) is 5.69 Å². The number of carbonyl (C=O) groups is 2. The first-order valence-electron chi connectivity index (χ1n) is 10.0. The summed E-state index contributed by atoms with van der Waals surface area (Å²) < 4.78 is 1.80. The maximum absolute atomic E-state index is 12.5. The summed E-state index contributed by atoms with van der Waals surface area (Å²) in [5.74, 6) is -0.129. The Hall–Kier alpha value is -2.45. The van der Waals surface area contributed by atoms with Gasteiger partial charge in [0, 0.05) is 25.2 Å². The molecule has 2 amide bonds. The molecule has 4 rings (SSSR count). The number of fused-ring (bicyclic) bond motifs is 1. The lowest BCUT2D eigenvalue weighted by molar-refractivity contribution is -0.118. The van der Waals surface area contributed by atoms with Crippen molar-refractivity contribution in [3.63, 3.8) is 0 Å². The minimum absolute atomic E-state index is 0. The normalized spacial score (nSPS) is 16.2. The number of carbonyl (C=O) groups excluding carboxylic acids is 2. The van der Waals surface area contributed by atoms with Crippen molar-refractivity contribution in [3.05, 3.63) is 41.7 Å². The maximum Gasteiger partial charge on any atom is 0.273 e. The minimum Gasteiger partial charge on any atom is -0.351 e. The van der Waals surface area contributed by atoms with Crippen LogP contribution in [-0.4, -0.2) is 53.0 Å². The molecule has 0 atom stereocenters. The Morgan fingerprint density at radius 2 is 2.00 bits per heavy atom. The van der Waals surface area contributed by atoms with E-state index in [1.54, 1.807) is 10.9 Å². The van der Waals surface area contributed by atoms with Crippen molar-refractivity contribution in [1.29, 1.82) is 0 Å². The van der Waals surface area contributed by atoms with Gasteiger partial charge in [0.2, 0.25) is 5.91 Å².